The van der Waals surface area contributed by atoms with Gasteiger partial charge in [-0.25, -0.2) is 0 Å². The Hall–Kier alpha value is -3.66. The molecule has 4 nitrogen and oxygen atoms in total. The zero-order valence-corrected chi connectivity index (χ0v) is 16.6. The molecular formula is C25H23N3O. The van der Waals surface area contributed by atoms with Gasteiger partial charge in [-0.2, -0.15) is 10.1 Å². The molecule has 4 rings (SSSR count). The molecule has 0 atom stereocenters. The highest BCUT2D eigenvalue weighted by Gasteiger charge is 2.29. The van der Waals surface area contributed by atoms with Crippen LogP contribution in [0.4, 0.5) is 11.4 Å². The van der Waals surface area contributed by atoms with Crippen LogP contribution in [0.2, 0.25) is 0 Å². The number of anilines is 2. The second-order valence-corrected chi connectivity index (χ2v) is 7.13. The van der Waals surface area contributed by atoms with Gasteiger partial charge in [0.05, 0.1) is 17.0 Å². The number of hydrogen-bond acceptors (Lipinski definition) is 3. The van der Waals surface area contributed by atoms with Gasteiger partial charge in [0, 0.05) is 18.4 Å². The number of nitrogens with zero attached hydrogens (tertiary/aromatic N) is 3. The summed E-state index contributed by atoms with van der Waals surface area (Å²) in [6.45, 7) is 4.57. The molecule has 3 aromatic rings. The molecule has 3 aromatic carbocycles. The molecule has 0 bridgehead atoms. The van der Waals surface area contributed by atoms with Gasteiger partial charge in [0.25, 0.3) is 5.91 Å². The van der Waals surface area contributed by atoms with E-state index >= 15 is 0 Å². The maximum Gasteiger partial charge on any atom is 0.282 e. The molecule has 0 spiro atoms. The lowest BCUT2D eigenvalue weighted by molar-refractivity contribution is -0.114. The van der Waals surface area contributed by atoms with Crippen molar-refractivity contribution in [3.63, 3.8) is 0 Å². The van der Waals surface area contributed by atoms with Gasteiger partial charge >= 0.3 is 0 Å². The Kier molecular flexibility index (Phi) is 5.25. The van der Waals surface area contributed by atoms with Gasteiger partial charge in [-0.1, -0.05) is 66.2 Å². The van der Waals surface area contributed by atoms with Crippen molar-refractivity contribution in [3.8, 4) is 0 Å². The lowest BCUT2D eigenvalue weighted by Crippen LogP contribution is -2.24. The Morgan fingerprint density at radius 1 is 0.862 bits per heavy atom. The second-order valence-electron chi connectivity index (χ2n) is 7.13. The Bertz CT molecular complexity index is 1050. The number of carbonyl (C=O) groups excluding carboxylic acids is 1. The Labute approximate surface area is 171 Å². The first-order chi connectivity index (χ1) is 14.1. The highest BCUT2D eigenvalue weighted by molar-refractivity contribution is 6.29. The molecule has 1 heterocycles. The minimum atomic E-state index is -0.111. The first-order valence-electron chi connectivity index (χ1n) is 9.66. The number of aryl methyl sites for hydroxylation is 1. The summed E-state index contributed by atoms with van der Waals surface area (Å²) in [7, 11) is 0. The number of benzene rings is 3. The third-order valence-corrected chi connectivity index (χ3v) is 4.91. The van der Waals surface area contributed by atoms with Crippen LogP contribution in [0.15, 0.2) is 102 Å². The number of rotatable bonds is 5. The van der Waals surface area contributed by atoms with Crippen molar-refractivity contribution in [2.75, 3.05) is 9.91 Å². The molecule has 1 aliphatic heterocycles. The van der Waals surface area contributed by atoms with E-state index in [1.807, 2.05) is 92.8 Å². The molecule has 144 valence electrons. The fourth-order valence-corrected chi connectivity index (χ4v) is 3.29. The smallest absolute Gasteiger partial charge is 0.282 e. The van der Waals surface area contributed by atoms with E-state index in [2.05, 4.69) is 22.1 Å². The number of amides is 1. The molecule has 0 saturated carbocycles. The van der Waals surface area contributed by atoms with Gasteiger partial charge < -0.3 is 4.90 Å². The van der Waals surface area contributed by atoms with Gasteiger partial charge in [0.2, 0.25) is 0 Å². The molecule has 0 saturated heterocycles. The van der Waals surface area contributed by atoms with E-state index in [4.69, 9.17) is 0 Å². The maximum absolute atomic E-state index is 13.1. The average Bonchev–Trinajstić information content (AvgIpc) is 3.03. The Balaban J connectivity index is 1.67. The average molecular weight is 381 g/mol. The molecule has 0 aromatic heterocycles. The molecule has 0 radical (unpaired) electrons. The molecular weight excluding hydrogens is 358 g/mol. The van der Waals surface area contributed by atoms with Gasteiger partial charge in [0.1, 0.15) is 0 Å². The molecule has 0 unspecified atom stereocenters. The quantitative estimate of drug-likeness (QED) is 0.562. The van der Waals surface area contributed by atoms with E-state index in [1.54, 1.807) is 0 Å². The number of carbonyl (C=O) groups is 1. The maximum atomic E-state index is 13.1. The third-order valence-electron chi connectivity index (χ3n) is 4.91. The molecule has 1 amide bonds. The summed E-state index contributed by atoms with van der Waals surface area (Å²) in [5.41, 5.74) is 5.43. The van der Waals surface area contributed by atoms with Gasteiger partial charge in [0.15, 0.2) is 0 Å². The van der Waals surface area contributed by atoms with Crippen LogP contribution in [0.1, 0.15) is 18.1 Å². The highest BCUT2D eigenvalue weighted by atomic mass is 16.2. The predicted molar refractivity (Wildman–Crippen MR) is 119 cm³/mol. The van der Waals surface area contributed by atoms with Crippen molar-refractivity contribution >= 4 is 23.0 Å². The van der Waals surface area contributed by atoms with Crippen LogP contribution in [0.5, 0.6) is 0 Å². The van der Waals surface area contributed by atoms with Crippen LogP contribution >= 0.6 is 0 Å². The number of para-hydroxylation sites is 1. The van der Waals surface area contributed by atoms with Gasteiger partial charge in [-0.05, 0) is 43.7 Å². The van der Waals surface area contributed by atoms with Gasteiger partial charge in [-0.15, -0.1) is 0 Å². The third kappa shape index (κ3) is 4.11. The van der Waals surface area contributed by atoms with Crippen LogP contribution in [0.3, 0.4) is 0 Å². The predicted octanol–water partition coefficient (Wildman–Crippen LogP) is 5.31. The van der Waals surface area contributed by atoms with Crippen LogP contribution in [0, 0.1) is 6.92 Å². The zero-order chi connectivity index (χ0) is 20.2. The summed E-state index contributed by atoms with van der Waals surface area (Å²) in [4.78, 5) is 15.2. The summed E-state index contributed by atoms with van der Waals surface area (Å²) in [6, 6.07) is 28.1. The van der Waals surface area contributed by atoms with E-state index < -0.39 is 0 Å². The molecule has 0 aliphatic carbocycles. The summed E-state index contributed by atoms with van der Waals surface area (Å²) in [5, 5.41) is 5.99. The van der Waals surface area contributed by atoms with Crippen molar-refractivity contribution in [2.45, 2.75) is 20.4 Å². The summed E-state index contributed by atoms with van der Waals surface area (Å²) in [6.07, 6.45) is 1.91. The topological polar surface area (TPSA) is 35.9 Å². The fraction of sp³-hybridized carbons (Fsp3) is 0.120. The van der Waals surface area contributed by atoms with Crippen molar-refractivity contribution in [3.05, 3.63) is 108 Å². The van der Waals surface area contributed by atoms with E-state index in [1.165, 1.54) is 10.6 Å². The number of hydrogen-bond donors (Lipinski definition) is 0. The molecule has 29 heavy (non-hydrogen) atoms. The Morgan fingerprint density at radius 2 is 1.48 bits per heavy atom. The first-order valence-corrected chi connectivity index (χ1v) is 9.66. The van der Waals surface area contributed by atoms with E-state index in [9.17, 15) is 4.79 Å². The van der Waals surface area contributed by atoms with Crippen molar-refractivity contribution in [1.82, 2.24) is 0 Å². The minimum Gasteiger partial charge on any atom is -0.343 e. The van der Waals surface area contributed by atoms with E-state index in [0.29, 0.717) is 17.8 Å². The van der Waals surface area contributed by atoms with Crippen molar-refractivity contribution in [1.29, 1.82) is 0 Å². The lowest BCUT2D eigenvalue weighted by atomic mass is 10.1. The van der Waals surface area contributed by atoms with Crippen LogP contribution in [-0.4, -0.2) is 11.6 Å². The summed E-state index contributed by atoms with van der Waals surface area (Å²) >= 11 is 0. The monoisotopic (exact) mass is 381 g/mol. The zero-order valence-electron chi connectivity index (χ0n) is 16.6. The van der Waals surface area contributed by atoms with Crippen molar-refractivity contribution in [2.24, 2.45) is 5.10 Å². The SMILES string of the molecule is CC1=NN(c2ccc(C)cc2)C(=O)/C1=C\N(Cc1ccccc1)c1ccccc1. The van der Waals surface area contributed by atoms with Crippen LogP contribution in [0.25, 0.3) is 0 Å². The lowest BCUT2D eigenvalue weighted by Gasteiger charge is -2.22. The van der Waals surface area contributed by atoms with E-state index in [-0.39, 0.29) is 5.91 Å². The van der Waals surface area contributed by atoms with Crippen LogP contribution < -0.4 is 9.91 Å². The molecule has 0 fully saturated rings. The minimum absolute atomic E-state index is 0.111. The van der Waals surface area contributed by atoms with E-state index in [0.717, 1.165) is 16.9 Å². The first kappa shape index (κ1) is 18.7. The molecule has 0 N–H and O–H groups in total. The standard InChI is InChI=1S/C25H23N3O/c1-19-13-15-23(16-14-19)28-25(29)24(20(2)26-28)18-27(22-11-7-4-8-12-22)17-21-9-5-3-6-10-21/h3-16,18H,17H2,1-2H3/b24-18-. The number of hydrazone groups is 1. The fourth-order valence-electron chi connectivity index (χ4n) is 3.29. The highest BCUT2D eigenvalue weighted by Crippen LogP contribution is 2.26. The second kappa shape index (κ2) is 8.15. The molecule has 4 heteroatoms. The van der Waals surface area contributed by atoms with Crippen LogP contribution in [-0.2, 0) is 11.3 Å². The summed E-state index contributed by atoms with van der Waals surface area (Å²) < 4.78 is 0. The Morgan fingerprint density at radius 3 is 2.14 bits per heavy atom. The van der Waals surface area contributed by atoms with Gasteiger partial charge in [-0.3, -0.25) is 4.79 Å². The molecule has 1 aliphatic rings. The van der Waals surface area contributed by atoms with Crippen molar-refractivity contribution < 1.29 is 4.79 Å². The largest absolute Gasteiger partial charge is 0.343 e. The normalized spacial score (nSPS) is 15.0. The summed E-state index contributed by atoms with van der Waals surface area (Å²) in [5.74, 6) is -0.111.